The molecule has 1 saturated carbocycles. The maximum absolute atomic E-state index is 6.50. The van der Waals surface area contributed by atoms with Crippen LogP contribution in [0, 0.1) is 5.92 Å². The van der Waals surface area contributed by atoms with E-state index in [1.165, 1.54) is 29.5 Å². The zero-order valence-electron chi connectivity index (χ0n) is 15.0. The van der Waals surface area contributed by atoms with Crippen LogP contribution in [0.25, 0.3) is 0 Å². The standard InChI is InChI=1S/C20H33NO/c1-6-13(4)17-11-16(19(21)15-9-10-15)12-18(14(5)7-2)20(17)22-8-3/h11-15,19H,6-10,21H2,1-5H3. The third-order valence-corrected chi connectivity index (χ3v) is 5.26. The maximum Gasteiger partial charge on any atom is 0.126 e. The van der Waals surface area contributed by atoms with E-state index in [1.807, 2.05) is 0 Å². The van der Waals surface area contributed by atoms with Crippen molar-refractivity contribution in [3.05, 3.63) is 28.8 Å². The number of hydrogen-bond donors (Lipinski definition) is 1. The summed E-state index contributed by atoms with van der Waals surface area (Å²) >= 11 is 0. The van der Waals surface area contributed by atoms with Crippen LogP contribution in [0.15, 0.2) is 12.1 Å². The molecule has 0 aromatic heterocycles. The minimum atomic E-state index is 0.196. The first-order chi connectivity index (χ1) is 10.5. The lowest BCUT2D eigenvalue weighted by atomic mass is 9.86. The molecule has 3 unspecified atom stereocenters. The molecule has 0 bridgehead atoms. The lowest BCUT2D eigenvalue weighted by molar-refractivity contribution is 0.328. The van der Waals surface area contributed by atoms with Crippen molar-refractivity contribution in [2.75, 3.05) is 6.61 Å². The van der Waals surface area contributed by atoms with Crippen molar-refractivity contribution >= 4 is 0 Å². The molecule has 2 heteroatoms. The van der Waals surface area contributed by atoms with E-state index >= 15 is 0 Å². The Labute approximate surface area is 136 Å². The van der Waals surface area contributed by atoms with Crippen molar-refractivity contribution in [2.24, 2.45) is 11.7 Å². The van der Waals surface area contributed by atoms with Gasteiger partial charge in [-0.2, -0.15) is 0 Å². The summed E-state index contributed by atoms with van der Waals surface area (Å²) in [6.07, 6.45) is 4.82. The van der Waals surface area contributed by atoms with Crippen LogP contribution in [-0.4, -0.2) is 6.61 Å². The van der Waals surface area contributed by atoms with E-state index in [4.69, 9.17) is 10.5 Å². The molecule has 1 aliphatic rings. The fourth-order valence-electron chi connectivity index (χ4n) is 3.10. The summed E-state index contributed by atoms with van der Waals surface area (Å²) in [5, 5.41) is 0. The molecule has 22 heavy (non-hydrogen) atoms. The number of rotatable bonds is 8. The van der Waals surface area contributed by atoms with Gasteiger partial charge in [0.15, 0.2) is 0 Å². The van der Waals surface area contributed by atoms with Crippen molar-refractivity contribution in [3.8, 4) is 5.75 Å². The molecule has 0 amide bonds. The van der Waals surface area contributed by atoms with Gasteiger partial charge < -0.3 is 10.5 Å². The smallest absolute Gasteiger partial charge is 0.126 e. The van der Waals surface area contributed by atoms with E-state index in [9.17, 15) is 0 Å². The van der Waals surface area contributed by atoms with Crippen molar-refractivity contribution in [1.82, 2.24) is 0 Å². The predicted molar refractivity (Wildman–Crippen MR) is 94.7 cm³/mol. The predicted octanol–water partition coefficient (Wildman–Crippen LogP) is 5.52. The van der Waals surface area contributed by atoms with Crippen LogP contribution in [0.4, 0.5) is 0 Å². The summed E-state index contributed by atoms with van der Waals surface area (Å²) in [5.74, 6) is 2.83. The van der Waals surface area contributed by atoms with Gasteiger partial charge in [-0.15, -0.1) is 0 Å². The zero-order valence-corrected chi connectivity index (χ0v) is 15.0. The average Bonchev–Trinajstić information content (AvgIpc) is 3.37. The highest BCUT2D eigenvalue weighted by Crippen LogP contribution is 2.44. The molecule has 0 aliphatic heterocycles. The molecule has 1 aromatic rings. The minimum Gasteiger partial charge on any atom is -0.493 e. The number of nitrogens with two attached hydrogens (primary N) is 1. The highest BCUT2D eigenvalue weighted by Gasteiger charge is 2.31. The quantitative estimate of drug-likeness (QED) is 0.686. The van der Waals surface area contributed by atoms with E-state index in [2.05, 4.69) is 46.8 Å². The van der Waals surface area contributed by atoms with Gasteiger partial charge in [0.25, 0.3) is 0 Å². The van der Waals surface area contributed by atoms with Crippen LogP contribution in [0.1, 0.15) is 94.9 Å². The first-order valence-corrected chi connectivity index (χ1v) is 9.09. The van der Waals surface area contributed by atoms with Crippen molar-refractivity contribution < 1.29 is 4.74 Å². The van der Waals surface area contributed by atoms with Gasteiger partial charge in [-0.25, -0.2) is 0 Å². The van der Waals surface area contributed by atoms with Gasteiger partial charge in [-0.1, -0.05) is 39.8 Å². The second-order valence-electron chi connectivity index (χ2n) is 6.94. The highest BCUT2D eigenvalue weighted by molar-refractivity contribution is 5.49. The van der Waals surface area contributed by atoms with Crippen LogP contribution < -0.4 is 10.5 Å². The Morgan fingerprint density at radius 3 is 1.91 bits per heavy atom. The molecule has 124 valence electrons. The molecule has 2 rings (SSSR count). The fourth-order valence-corrected chi connectivity index (χ4v) is 3.10. The van der Waals surface area contributed by atoms with Gasteiger partial charge >= 0.3 is 0 Å². The molecule has 2 nitrogen and oxygen atoms in total. The molecule has 1 aromatic carbocycles. The topological polar surface area (TPSA) is 35.2 Å². The lowest BCUT2D eigenvalue weighted by Crippen LogP contribution is -2.15. The Bertz CT molecular complexity index is 461. The maximum atomic E-state index is 6.50. The van der Waals surface area contributed by atoms with E-state index < -0.39 is 0 Å². The van der Waals surface area contributed by atoms with Crippen LogP contribution in [-0.2, 0) is 0 Å². The number of benzene rings is 1. The molecule has 0 spiro atoms. The fraction of sp³-hybridized carbons (Fsp3) is 0.700. The van der Waals surface area contributed by atoms with Crippen molar-refractivity contribution in [2.45, 2.75) is 78.2 Å². The largest absolute Gasteiger partial charge is 0.493 e. The second-order valence-corrected chi connectivity index (χ2v) is 6.94. The van der Waals surface area contributed by atoms with E-state index in [0.29, 0.717) is 17.8 Å². The van der Waals surface area contributed by atoms with E-state index in [1.54, 1.807) is 0 Å². The second kappa shape index (κ2) is 7.50. The van der Waals surface area contributed by atoms with Gasteiger partial charge in [0.05, 0.1) is 6.61 Å². The van der Waals surface area contributed by atoms with Gasteiger partial charge in [-0.3, -0.25) is 0 Å². The summed E-state index contributed by atoms with van der Waals surface area (Å²) in [4.78, 5) is 0. The third-order valence-electron chi connectivity index (χ3n) is 5.26. The average molecular weight is 303 g/mol. The Kier molecular flexibility index (Phi) is 5.91. The third kappa shape index (κ3) is 3.65. The molecule has 1 fully saturated rings. The molecule has 2 N–H and O–H groups in total. The molecule has 3 atom stereocenters. The van der Waals surface area contributed by atoms with Crippen molar-refractivity contribution in [3.63, 3.8) is 0 Å². The first kappa shape index (κ1) is 17.3. The Hall–Kier alpha value is -1.02. The van der Waals surface area contributed by atoms with E-state index in [-0.39, 0.29) is 6.04 Å². The summed E-state index contributed by atoms with van der Waals surface area (Å²) in [6.45, 7) is 11.9. The molecule has 0 radical (unpaired) electrons. The monoisotopic (exact) mass is 303 g/mol. The summed E-state index contributed by atoms with van der Waals surface area (Å²) in [7, 11) is 0. The SMILES string of the molecule is CCOc1c(C(C)CC)cc(C(N)C2CC2)cc1C(C)CC. The Morgan fingerprint density at radius 1 is 1.05 bits per heavy atom. The lowest BCUT2D eigenvalue weighted by Gasteiger charge is -2.25. The molecular weight excluding hydrogens is 270 g/mol. The Morgan fingerprint density at radius 2 is 1.55 bits per heavy atom. The first-order valence-electron chi connectivity index (χ1n) is 9.09. The molecule has 0 heterocycles. The van der Waals surface area contributed by atoms with Gasteiger partial charge in [0.1, 0.15) is 5.75 Å². The molecule has 1 aliphatic carbocycles. The van der Waals surface area contributed by atoms with Gasteiger partial charge in [0.2, 0.25) is 0 Å². The van der Waals surface area contributed by atoms with Crippen LogP contribution in [0.3, 0.4) is 0 Å². The zero-order chi connectivity index (χ0) is 16.3. The molecule has 0 saturated heterocycles. The highest BCUT2D eigenvalue weighted by atomic mass is 16.5. The normalized spacial score (nSPS) is 18.8. The number of hydrogen-bond acceptors (Lipinski definition) is 2. The molecular formula is C20H33NO. The van der Waals surface area contributed by atoms with Crippen LogP contribution in [0.5, 0.6) is 5.75 Å². The van der Waals surface area contributed by atoms with Crippen molar-refractivity contribution in [1.29, 1.82) is 0 Å². The van der Waals surface area contributed by atoms with Crippen LogP contribution >= 0.6 is 0 Å². The minimum absolute atomic E-state index is 0.196. The summed E-state index contributed by atoms with van der Waals surface area (Å²) in [5.41, 5.74) is 10.5. The summed E-state index contributed by atoms with van der Waals surface area (Å²) in [6, 6.07) is 4.85. The number of ether oxygens (including phenoxy) is 1. The van der Waals surface area contributed by atoms with Crippen LogP contribution in [0.2, 0.25) is 0 Å². The summed E-state index contributed by atoms with van der Waals surface area (Å²) < 4.78 is 6.08. The van der Waals surface area contributed by atoms with Gasteiger partial charge in [-0.05, 0) is 67.1 Å². The Balaban J connectivity index is 2.53. The van der Waals surface area contributed by atoms with E-state index in [0.717, 1.165) is 25.2 Å². The van der Waals surface area contributed by atoms with Gasteiger partial charge in [0, 0.05) is 6.04 Å².